The molecule has 0 aliphatic rings. The molecule has 0 saturated heterocycles. The van der Waals surface area contributed by atoms with Gasteiger partial charge < -0.3 is 37.6 Å². The molecule has 0 radical (unpaired) electrons. The molecule has 0 aliphatic heterocycles. The second-order valence-electron chi connectivity index (χ2n) is 8.14. The topological polar surface area (TPSA) is 231 Å². The molecule has 0 aromatic carbocycles. The van der Waals surface area contributed by atoms with Crippen molar-refractivity contribution in [2.75, 3.05) is 12.0 Å². The number of hydrogen-bond donors (Lipinski definition) is 7. The first kappa shape index (κ1) is 31.1. The Morgan fingerprint density at radius 3 is 1.85 bits per heavy atom. The minimum absolute atomic E-state index is 0.0332. The van der Waals surface area contributed by atoms with Gasteiger partial charge in [-0.15, -0.1) is 0 Å². The number of aliphatic carboxylic acids is 2. The standard InChI is InChI=1S/C20H35N5O8S/c1-10(2)8-14(20(32)33)25-19(31)13(9-16(27)28)24-18(30)12(6-7-34-3)23-17(29)11(21)4-5-15(22)26/h10-14H,4-9,21H2,1-3H3,(H2,22,26)(H,23,29)(H,24,30)(H,25,31)(H,27,28)(H,32,33). The molecular formula is C20H35N5O8S. The first-order chi connectivity index (χ1) is 15.8. The van der Waals surface area contributed by atoms with Gasteiger partial charge in [0.15, 0.2) is 0 Å². The van der Waals surface area contributed by atoms with Crippen LogP contribution >= 0.6 is 11.8 Å². The lowest BCUT2D eigenvalue weighted by molar-refractivity contribution is -0.144. The number of nitrogens with two attached hydrogens (primary N) is 2. The number of carbonyl (C=O) groups is 6. The smallest absolute Gasteiger partial charge is 0.326 e. The van der Waals surface area contributed by atoms with Crippen LogP contribution in [0.5, 0.6) is 0 Å². The van der Waals surface area contributed by atoms with Crippen molar-refractivity contribution in [3.63, 3.8) is 0 Å². The van der Waals surface area contributed by atoms with Gasteiger partial charge in [0.1, 0.15) is 18.1 Å². The highest BCUT2D eigenvalue weighted by molar-refractivity contribution is 7.98. The van der Waals surface area contributed by atoms with E-state index in [1.54, 1.807) is 20.1 Å². The van der Waals surface area contributed by atoms with Crippen LogP contribution in [0, 0.1) is 5.92 Å². The van der Waals surface area contributed by atoms with E-state index in [4.69, 9.17) is 16.6 Å². The van der Waals surface area contributed by atoms with E-state index in [1.165, 1.54) is 11.8 Å². The lowest BCUT2D eigenvalue weighted by Crippen LogP contribution is -2.57. The molecule has 4 unspecified atom stereocenters. The van der Waals surface area contributed by atoms with Crippen molar-refractivity contribution in [2.24, 2.45) is 17.4 Å². The van der Waals surface area contributed by atoms with Gasteiger partial charge >= 0.3 is 11.9 Å². The highest BCUT2D eigenvalue weighted by atomic mass is 32.2. The van der Waals surface area contributed by atoms with Crippen molar-refractivity contribution in [1.29, 1.82) is 0 Å². The number of primary amides is 1. The Kier molecular flexibility index (Phi) is 14.5. The van der Waals surface area contributed by atoms with Gasteiger partial charge in [-0.25, -0.2) is 4.79 Å². The zero-order valence-corrected chi connectivity index (χ0v) is 20.4. The minimum atomic E-state index is -1.57. The number of hydrogen-bond acceptors (Lipinski definition) is 8. The fraction of sp³-hybridized carbons (Fsp3) is 0.700. The molecule has 0 aliphatic carbocycles. The average Bonchev–Trinajstić information content (AvgIpc) is 2.72. The van der Waals surface area contributed by atoms with Gasteiger partial charge in [-0.05, 0) is 37.2 Å². The summed E-state index contributed by atoms with van der Waals surface area (Å²) in [6.07, 6.45) is 1.06. The first-order valence-corrected chi connectivity index (χ1v) is 12.1. The number of rotatable bonds is 17. The fourth-order valence-corrected chi connectivity index (χ4v) is 3.30. The van der Waals surface area contributed by atoms with Gasteiger partial charge in [0.25, 0.3) is 0 Å². The van der Waals surface area contributed by atoms with Crippen molar-refractivity contribution in [1.82, 2.24) is 16.0 Å². The van der Waals surface area contributed by atoms with E-state index < -0.39 is 66.2 Å². The molecule has 4 atom stereocenters. The van der Waals surface area contributed by atoms with E-state index in [1.807, 2.05) is 0 Å². The summed E-state index contributed by atoms with van der Waals surface area (Å²) < 4.78 is 0. The van der Waals surface area contributed by atoms with E-state index in [9.17, 15) is 33.9 Å². The van der Waals surface area contributed by atoms with Gasteiger partial charge in [0, 0.05) is 6.42 Å². The molecule has 0 aromatic rings. The predicted octanol–water partition coefficient (Wildman–Crippen LogP) is -1.61. The lowest BCUT2D eigenvalue weighted by Gasteiger charge is -2.25. The van der Waals surface area contributed by atoms with Crippen molar-refractivity contribution in [3.05, 3.63) is 0 Å². The highest BCUT2D eigenvalue weighted by Crippen LogP contribution is 2.07. The highest BCUT2D eigenvalue weighted by Gasteiger charge is 2.31. The third-order valence-electron chi connectivity index (χ3n) is 4.62. The van der Waals surface area contributed by atoms with Gasteiger partial charge in [0.05, 0.1) is 12.5 Å². The normalized spacial score (nSPS) is 14.4. The van der Waals surface area contributed by atoms with E-state index in [2.05, 4.69) is 16.0 Å². The molecule has 0 saturated carbocycles. The molecule has 9 N–H and O–H groups in total. The van der Waals surface area contributed by atoms with Crippen LogP contribution in [0.4, 0.5) is 0 Å². The van der Waals surface area contributed by atoms with Crippen LogP contribution in [-0.2, 0) is 28.8 Å². The van der Waals surface area contributed by atoms with Crippen LogP contribution < -0.4 is 27.4 Å². The van der Waals surface area contributed by atoms with Crippen molar-refractivity contribution >= 4 is 47.3 Å². The van der Waals surface area contributed by atoms with Crippen molar-refractivity contribution in [3.8, 4) is 0 Å². The molecule has 4 amide bonds. The summed E-state index contributed by atoms with van der Waals surface area (Å²) in [5.74, 6) is -5.48. The summed E-state index contributed by atoms with van der Waals surface area (Å²) in [5.41, 5.74) is 10.8. The van der Waals surface area contributed by atoms with Crippen LogP contribution in [-0.4, -0.2) is 82.0 Å². The molecule has 0 aromatic heterocycles. The zero-order chi connectivity index (χ0) is 26.4. The lowest BCUT2D eigenvalue weighted by atomic mass is 10.0. The van der Waals surface area contributed by atoms with Gasteiger partial charge in [-0.1, -0.05) is 13.8 Å². The summed E-state index contributed by atoms with van der Waals surface area (Å²) in [4.78, 5) is 71.4. The van der Waals surface area contributed by atoms with Gasteiger partial charge in [-0.3, -0.25) is 24.0 Å². The van der Waals surface area contributed by atoms with Crippen LogP contribution in [0.25, 0.3) is 0 Å². The number of carbonyl (C=O) groups excluding carboxylic acids is 4. The Labute approximate surface area is 202 Å². The number of carboxylic acid groups (broad SMARTS) is 2. The molecule has 0 heterocycles. The Hall–Kier alpha value is -2.87. The van der Waals surface area contributed by atoms with Crippen LogP contribution in [0.1, 0.15) is 46.0 Å². The largest absolute Gasteiger partial charge is 0.481 e. The maximum atomic E-state index is 12.8. The minimum Gasteiger partial charge on any atom is -0.481 e. The third-order valence-corrected chi connectivity index (χ3v) is 5.26. The molecule has 194 valence electrons. The fourth-order valence-electron chi connectivity index (χ4n) is 2.83. The Morgan fingerprint density at radius 2 is 1.38 bits per heavy atom. The van der Waals surface area contributed by atoms with E-state index in [0.29, 0.717) is 5.75 Å². The number of amides is 4. The van der Waals surface area contributed by atoms with E-state index >= 15 is 0 Å². The third kappa shape index (κ3) is 13.0. The SMILES string of the molecule is CSCCC(NC(=O)C(N)CCC(N)=O)C(=O)NC(CC(=O)O)C(=O)NC(CC(C)C)C(=O)O. The molecule has 0 fully saturated rings. The van der Waals surface area contributed by atoms with E-state index in [0.717, 1.165) is 0 Å². The molecular weight excluding hydrogens is 470 g/mol. The maximum Gasteiger partial charge on any atom is 0.326 e. The van der Waals surface area contributed by atoms with Gasteiger partial charge in [0.2, 0.25) is 23.6 Å². The van der Waals surface area contributed by atoms with Gasteiger partial charge in [-0.2, -0.15) is 11.8 Å². The molecule has 14 heteroatoms. The quantitative estimate of drug-likeness (QED) is 0.119. The number of nitrogens with one attached hydrogen (secondary N) is 3. The number of thioether (sulfide) groups is 1. The van der Waals surface area contributed by atoms with Crippen LogP contribution in [0.2, 0.25) is 0 Å². The monoisotopic (exact) mass is 505 g/mol. The van der Waals surface area contributed by atoms with Crippen LogP contribution in [0.15, 0.2) is 0 Å². The summed E-state index contributed by atoms with van der Waals surface area (Å²) in [5, 5.41) is 25.5. The Bertz CT molecular complexity index is 748. The summed E-state index contributed by atoms with van der Waals surface area (Å²) >= 11 is 1.39. The molecule has 0 rings (SSSR count). The second kappa shape index (κ2) is 15.9. The van der Waals surface area contributed by atoms with Crippen molar-refractivity contribution < 1.29 is 39.0 Å². The maximum absolute atomic E-state index is 12.8. The predicted molar refractivity (Wildman–Crippen MR) is 125 cm³/mol. The van der Waals surface area contributed by atoms with Crippen LogP contribution in [0.3, 0.4) is 0 Å². The Balaban J connectivity index is 5.46. The average molecular weight is 506 g/mol. The summed E-state index contributed by atoms with van der Waals surface area (Å²) in [6.45, 7) is 3.51. The molecule has 0 bridgehead atoms. The second-order valence-corrected chi connectivity index (χ2v) is 9.13. The zero-order valence-electron chi connectivity index (χ0n) is 19.5. The van der Waals surface area contributed by atoms with Crippen molar-refractivity contribution in [2.45, 2.75) is 70.1 Å². The molecule has 13 nitrogen and oxygen atoms in total. The summed E-state index contributed by atoms with van der Waals surface area (Å²) in [6, 6.07) is -5.09. The number of carboxylic acids is 2. The Morgan fingerprint density at radius 1 is 0.853 bits per heavy atom. The molecule has 0 spiro atoms. The van der Waals surface area contributed by atoms with E-state index in [-0.39, 0.29) is 31.6 Å². The summed E-state index contributed by atoms with van der Waals surface area (Å²) in [7, 11) is 0. The molecule has 34 heavy (non-hydrogen) atoms. The first-order valence-electron chi connectivity index (χ1n) is 10.7.